The number of imide groups is 1. The van der Waals surface area contributed by atoms with E-state index in [9.17, 15) is 14.4 Å². The van der Waals surface area contributed by atoms with Crippen molar-refractivity contribution in [1.29, 1.82) is 0 Å². The van der Waals surface area contributed by atoms with E-state index in [0.29, 0.717) is 12.2 Å². The maximum absolute atomic E-state index is 13.1. The Labute approximate surface area is 209 Å². The second-order valence-corrected chi connectivity index (χ2v) is 8.89. The topological polar surface area (TPSA) is 83.4 Å². The Morgan fingerprint density at radius 2 is 1.69 bits per heavy atom. The number of nitrogens with zero attached hydrogens (tertiary/aromatic N) is 2. The summed E-state index contributed by atoms with van der Waals surface area (Å²) in [5.74, 6) is -0.973. The van der Waals surface area contributed by atoms with Crippen molar-refractivity contribution in [1.82, 2.24) is 14.8 Å². The number of nitrogens with one attached hydrogen (secondary N) is 2. The summed E-state index contributed by atoms with van der Waals surface area (Å²) in [6.45, 7) is 4.24. The minimum atomic E-state index is -0.615. The minimum absolute atomic E-state index is 0.147. The maximum Gasteiger partial charge on any atom is 0.329 e. The molecular formula is C29H26N4O3. The maximum atomic E-state index is 13.1. The summed E-state index contributed by atoms with van der Waals surface area (Å²) in [6, 6.07) is 24.9. The van der Waals surface area contributed by atoms with Gasteiger partial charge in [-0.3, -0.25) is 9.59 Å². The number of hydrogen-bond acceptors (Lipinski definition) is 3. The normalized spacial score (nSPS) is 14.5. The SMILES string of the molecule is Cc1cccc(NC(=O)CN2C(=O)N/C(=C/c3c(C)n(Cc4ccccc4)c4ccccc34)C2=O)c1. The van der Waals surface area contributed by atoms with Crippen LogP contribution in [0.15, 0.2) is 84.6 Å². The summed E-state index contributed by atoms with van der Waals surface area (Å²) in [5, 5.41) is 6.36. The Kier molecular flexibility index (Phi) is 6.12. The van der Waals surface area contributed by atoms with Crippen molar-refractivity contribution in [2.45, 2.75) is 20.4 Å². The van der Waals surface area contributed by atoms with E-state index < -0.39 is 17.8 Å². The fourth-order valence-electron chi connectivity index (χ4n) is 4.54. The summed E-state index contributed by atoms with van der Waals surface area (Å²) >= 11 is 0. The number of rotatable bonds is 6. The van der Waals surface area contributed by atoms with Gasteiger partial charge < -0.3 is 15.2 Å². The molecule has 0 aliphatic carbocycles. The number of carbonyl (C=O) groups excluding carboxylic acids is 3. The molecule has 5 rings (SSSR count). The fourth-order valence-corrected chi connectivity index (χ4v) is 4.54. The molecule has 36 heavy (non-hydrogen) atoms. The molecule has 0 radical (unpaired) electrons. The van der Waals surface area contributed by atoms with Gasteiger partial charge in [-0.2, -0.15) is 0 Å². The molecule has 0 saturated carbocycles. The van der Waals surface area contributed by atoms with E-state index >= 15 is 0 Å². The van der Waals surface area contributed by atoms with E-state index in [0.717, 1.165) is 38.2 Å². The molecule has 1 aliphatic rings. The number of amides is 4. The second kappa shape index (κ2) is 9.54. The van der Waals surface area contributed by atoms with E-state index in [4.69, 9.17) is 0 Å². The van der Waals surface area contributed by atoms with Crippen LogP contribution in [0.4, 0.5) is 10.5 Å². The molecule has 4 aromatic rings. The lowest BCUT2D eigenvalue weighted by atomic mass is 10.1. The molecule has 1 aliphatic heterocycles. The van der Waals surface area contributed by atoms with Crippen molar-refractivity contribution >= 4 is 40.5 Å². The van der Waals surface area contributed by atoms with E-state index in [-0.39, 0.29) is 12.2 Å². The van der Waals surface area contributed by atoms with Crippen LogP contribution in [0.3, 0.4) is 0 Å². The van der Waals surface area contributed by atoms with E-state index in [1.54, 1.807) is 12.1 Å². The first-order valence-electron chi connectivity index (χ1n) is 11.7. The third kappa shape index (κ3) is 4.51. The Hall–Kier alpha value is -4.65. The molecule has 4 amide bonds. The number of anilines is 1. The molecule has 0 unspecified atom stereocenters. The molecule has 7 heteroatoms. The first-order chi connectivity index (χ1) is 17.4. The van der Waals surface area contributed by atoms with Crippen LogP contribution in [0.1, 0.15) is 22.4 Å². The highest BCUT2D eigenvalue weighted by atomic mass is 16.2. The van der Waals surface area contributed by atoms with Gasteiger partial charge in [0.05, 0.1) is 0 Å². The number of aryl methyl sites for hydroxylation is 1. The molecule has 2 heterocycles. The number of urea groups is 1. The van der Waals surface area contributed by atoms with Crippen LogP contribution in [0.25, 0.3) is 17.0 Å². The van der Waals surface area contributed by atoms with Gasteiger partial charge in [0.15, 0.2) is 0 Å². The van der Waals surface area contributed by atoms with Gasteiger partial charge in [0, 0.05) is 34.4 Å². The van der Waals surface area contributed by atoms with Crippen molar-refractivity contribution in [3.63, 3.8) is 0 Å². The summed E-state index contributed by atoms with van der Waals surface area (Å²) in [4.78, 5) is 39.1. The molecule has 0 spiro atoms. The van der Waals surface area contributed by atoms with Crippen LogP contribution in [0.5, 0.6) is 0 Å². The predicted octanol–water partition coefficient (Wildman–Crippen LogP) is 4.84. The standard InChI is InChI=1S/C29H26N4O3/c1-19-9-8-12-22(15-19)30-27(34)18-33-28(35)25(31-29(33)36)16-24-20(2)32(17-21-10-4-3-5-11-21)26-14-7-6-13-23(24)26/h3-16H,17-18H2,1-2H3,(H,30,34)(H,31,36)/b25-16+. The second-order valence-electron chi connectivity index (χ2n) is 8.89. The van der Waals surface area contributed by atoms with Crippen molar-refractivity contribution in [3.8, 4) is 0 Å². The molecule has 180 valence electrons. The molecule has 3 aromatic carbocycles. The van der Waals surface area contributed by atoms with E-state index in [1.807, 2.05) is 74.5 Å². The Morgan fingerprint density at radius 3 is 2.47 bits per heavy atom. The smallest absolute Gasteiger partial charge is 0.329 e. The largest absolute Gasteiger partial charge is 0.340 e. The van der Waals surface area contributed by atoms with Crippen molar-refractivity contribution in [3.05, 3.63) is 107 Å². The molecule has 7 nitrogen and oxygen atoms in total. The summed E-state index contributed by atoms with van der Waals surface area (Å²) < 4.78 is 2.20. The summed E-state index contributed by atoms with van der Waals surface area (Å²) in [7, 11) is 0. The van der Waals surface area contributed by atoms with Gasteiger partial charge in [0.1, 0.15) is 12.2 Å². The lowest BCUT2D eigenvalue weighted by Crippen LogP contribution is -2.38. The molecule has 2 N–H and O–H groups in total. The quantitative estimate of drug-likeness (QED) is 0.307. The molecule has 1 saturated heterocycles. The molecular weight excluding hydrogens is 452 g/mol. The molecule has 1 fully saturated rings. The van der Waals surface area contributed by atoms with Crippen molar-refractivity contribution in [2.24, 2.45) is 0 Å². The average molecular weight is 479 g/mol. The summed E-state index contributed by atoms with van der Waals surface area (Å²) in [5.41, 5.74) is 5.79. The van der Waals surface area contributed by atoms with Crippen LogP contribution < -0.4 is 10.6 Å². The lowest BCUT2D eigenvalue weighted by molar-refractivity contribution is -0.127. The van der Waals surface area contributed by atoms with Crippen molar-refractivity contribution in [2.75, 3.05) is 11.9 Å². The third-order valence-electron chi connectivity index (χ3n) is 6.32. The van der Waals surface area contributed by atoms with Crippen molar-refractivity contribution < 1.29 is 14.4 Å². The lowest BCUT2D eigenvalue weighted by Gasteiger charge is -2.12. The van der Waals surface area contributed by atoms with Crippen LogP contribution in [0.2, 0.25) is 0 Å². The number of aromatic nitrogens is 1. The predicted molar refractivity (Wildman–Crippen MR) is 140 cm³/mol. The number of hydrogen-bond donors (Lipinski definition) is 2. The highest BCUT2D eigenvalue weighted by molar-refractivity contribution is 6.16. The molecule has 0 bridgehead atoms. The highest BCUT2D eigenvalue weighted by Crippen LogP contribution is 2.29. The van der Waals surface area contributed by atoms with Gasteiger partial charge in [-0.25, -0.2) is 9.69 Å². The van der Waals surface area contributed by atoms with Gasteiger partial charge in [-0.1, -0.05) is 60.7 Å². The zero-order valence-electron chi connectivity index (χ0n) is 20.1. The number of fused-ring (bicyclic) bond motifs is 1. The average Bonchev–Trinajstić information content (AvgIpc) is 3.28. The highest BCUT2D eigenvalue weighted by Gasteiger charge is 2.35. The van der Waals surface area contributed by atoms with Gasteiger partial charge in [-0.05, 0) is 49.2 Å². The summed E-state index contributed by atoms with van der Waals surface area (Å²) in [6.07, 6.45) is 1.71. The van der Waals surface area contributed by atoms with Gasteiger partial charge >= 0.3 is 6.03 Å². The first kappa shape index (κ1) is 23.1. The van der Waals surface area contributed by atoms with E-state index in [1.165, 1.54) is 0 Å². The number of benzene rings is 3. The van der Waals surface area contributed by atoms with Crippen LogP contribution >= 0.6 is 0 Å². The van der Waals surface area contributed by atoms with Crippen LogP contribution in [-0.4, -0.2) is 33.9 Å². The van der Waals surface area contributed by atoms with Gasteiger partial charge in [0.25, 0.3) is 5.91 Å². The van der Waals surface area contributed by atoms with Crippen LogP contribution in [-0.2, 0) is 16.1 Å². The third-order valence-corrected chi connectivity index (χ3v) is 6.32. The molecule has 1 aromatic heterocycles. The Morgan fingerprint density at radius 1 is 0.944 bits per heavy atom. The zero-order valence-corrected chi connectivity index (χ0v) is 20.1. The van der Waals surface area contributed by atoms with Gasteiger partial charge in [-0.15, -0.1) is 0 Å². The number of para-hydroxylation sites is 1. The first-order valence-corrected chi connectivity index (χ1v) is 11.7. The van der Waals surface area contributed by atoms with Gasteiger partial charge in [0.2, 0.25) is 5.91 Å². The Balaban J connectivity index is 1.41. The fraction of sp³-hybridized carbons (Fsp3) is 0.138. The molecule has 0 atom stereocenters. The van der Waals surface area contributed by atoms with E-state index in [2.05, 4.69) is 27.3 Å². The monoisotopic (exact) mass is 478 g/mol. The zero-order chi connectivity index (χ0) is 25.2. The minimum Gasteiger partial charge on any atom is -0.340 e. The number of carbonyl (C=O) groups is 3. The van der Waals surface area contributed by atoms with Crippen LogP contribution in [0, 0.1) is 13.8 Å². The Bertz CT molecular complexity index is 1520.